The van der Waals surface area contributed by atoms with Gasteiger partial charge in [0.1, 0.15) is 0 Å². The van der Waals surface area contributed by atoms with Crippen LogP contribution in [0, 0.1) is 18.3 Å². The minimum Gasteiger partial charge on any atom is -0.385 e. The molecule has 0 spiro atoms. The Bertz CT molecular complexity index is 342. The van der Waals surface area contributed by atoms with Gasteiger partial charge >= 0.3 is 0 Å². The van der Waals surface area contributed by atoms with Gasteiger partial charge in [0.05, 0.1) is 6.07 Å². The highest BCUT2D eigenvalue weighted by molar-refractivity contribution is 9.10. The average Bonchev–Trinajstić information content (AvgIpc) is 2.19. The second-order valence-electron chi connectivity index (χ2n) is 3.10. The molecule has 14 heavy (non-hydrogen) atoms. The van der Waals surface area contributed by atoms with Crippen molar-refractivity contribution in [2.45, 2.75) is 19.8 Å². The first-order valence-electron chi connectivity index (χ1n) is 4.61. The number of unbranched alkanes of at least 4 members (excludes halogenated alkanes) is 1. The molecule has 0 aliphatic heterocycles. The van der Waals surface area contributed by atoms with Crippen molar-refractivity contribution in [1.29, 1.82) is 5.26 Å². The first kappa shape index (κ1) is 11.1. The molecule has 2 nitrogen and oxygen atoms in total. The smallest absolute Gasteiger partial charge is 0.0622 e. The molecule has 0 fully saturated rings. The number of nitrogens with one attached hydrogen (secondary N) is 1. The molecule has 0 saturated carbocycles. The molecule has 0 saturated heterocycles. The van der Waals surface area contributed by atoms with Gasteiger partial charge in [0.2, 0.25) is 0 Å². The SMILES string of the molecule is Cc1c(Br)cccc1NCCCC#N. The third-order valence-electron chi connectivity index (χ3n) is 2.05. The summed E-state index contributed by atoms with van der Waals surface area (Å²) in [6, 6.07) is 8.21. The summed E-state index contributed by atoms with van der Waals surface area (Å²) in [5.41, 5.74) is 2.35. The maximum Gasteiger partial charge on any atom is 0.0622 e. The minimum atomic E-state index is 0.611. The van der Waals surface area contributed by atoms with Crippen molar-refractivity contribution in [3.63, 3.8) is 0 Å². The quantitative estimate of drug-likeness (QED) is 0.834. The van der Waals surface area contributed by atoms with E-state index in [0.29, 0.717) is 6.42 Å². The second kappa shape index (κ2) is 5.66. The molecule has 1 N–H and O–H groups in total. The van der Waals surface area contributed by atoms with E-state index in [0.717, 1.165) is 23.1 Å². The molecular formula is C11H13BrN2. The van der Waals surface area contributed by atoms with Crippen molar-refractivity contribution in [2.24, 2.45) is 0 Å². The zero-order chi connectivity index (χ0) is 10.4. The predicted octanol–water partition coefficient (Wildman–Crippen LogP) is 3.47. The van der Waals surface area contributed by atoms with E-state index >= 15 is 0 Å². The van der Waals surface area contributed by atoms with Crippen LogP contribution in [0.25, 0.3) is 0 Å². The molecule has 74 valence electrons. The van der Waals surface area contributed by atoms with E-state index in [9.17, 15) is 0 Å². The normalized spacial score (nSPS) is 9.50. The summed E-state index contributed by atoms with van der Waals surface area (Å²) in [6.07, 6.45) is 1.50. The summed E-state index contributed by atoms with van der Waals surface area (Å²) >= 11 is 3.48. The fourth-order valence-corrected chi connectivity index (χ4v) is 1.56. The van der Waals surface area contributed by atoms with Gasteiger partial charge in [-0.25, -0.2) is 0 Å². The highest BCUT2D eigenvalue weighted by Gasteiger charge is 1.99. The van der Waals surface area contributed by atoms with Gasteiger partial charge in [-0.2, -0.15) is 5.26 Å². The Hall–Kier alpha value is -1.01. The van der Waals surface area contributed by atoms with Gasteiger partial charge in [-0.3, -0.25) is 0 Å². The van der Waals surface area contributed by atoms with E-state index in [4.69, 9.17) is 5.26 Å². The van der Waals surface area contributed by atoms with Crippen LogP contribution in [0.1, 0.15) is 18.4 Å². The average molecular weight is 253 g/mol. The van der Waals surface area contributed by atoms with E-state index < -0.39 is 0 Å². The molecule has 0 aliphatic rings. The zero-order valence-electron chi connectivity index (χ0n) is 8.18. The van der Waals surface area contributed by atoms with E-state index in [1.807, 2.05) is 18.2 Å². The number of nitriles is 1. The summed E-state index contributed by atoms with van der Waals surface area (Å²) in [5.74, 6) is 0. The van der Waals surface area contributed by atoms with Crippen molar-refractivity contribution >= 4 is 21.6 Å². The summed E-state index contributed by atoms with van der Waals surface area (Å²) in [5, 5.41) is 11.7. The third-order valence-corrected chi connectivity index (χ3v) is 2.91. The Morgan fingerprint density at radius 2 is 2.29 bits per heavy atom. The lowest BCUT2D eigenvalue weighted by Crippen LogP contribution is -2.02. The van der Waals surface area contributed by atoms with Gasteiger partial charge in [0.25, 0.3) is 0 Å². The van der Waals surface area contributed by atoms with E-state index in [2.05, 4.69) is 34.2 Å². The lowest BCUT2D eigenvalue weighted by Gasteiger charge is -2.09. The van der Waals surface area contributed by atoms with Crippen LogP contribution in [0.2, 0.25) is 0 Å². The van der Waals surface area contributed by atoms with Crippen LogP contribution >= 0.6 is 15.9 Å². The first-order valence-corrected chi connectivity index (χ1v) is 5.41. The molecule has 0 radical (unpaired) electrons. The van der Waals surface area contributed by atoms with Crippen LogP contribution in [0.4, 0.5) is 5.69 Å². The minimum absolute atomic E-state index is 0.611. The molecule has 1 aromatic rings. The number of nitrogens with zero attached hydrogens (tertiary/aromatic N) is 1. The van der Waals surface area contributed by atoms with Gasteiger partial charge in [-0.1, -0.05) is 22.0 Å². The van der Waals surface area contributed by atoms with Gasteiger partial charge in [0.15, 0.2) is 0 Å². The molecule has 0 aromatic heterocycles. The maximum atomic E-state index is 8.38. The molecular weight excluding hydrogens is 240 g/mol. The lowest BCUT2D eigenvalue weighted by molar-refractivity contribution is 0.896. The second-order valence-corrected chi connectivity index (χ2v) is 3.96. The Labute approximate surface area is 93.1 Å². The fraction of sp³-hybridized carbons (Fsp3) is 0.364. The van der Waals surface area contributed by atoms with Crippen molar-refractivity contribution in [3.8, 4) is 6.07 Å². The maximum absolute atomic E-state index is 8.38. The van der Waals surface area contributed by atoms with Gasteiger partial charge in [-0.05, 0) is 31.0 Å². The van der Waals surface area contributed by atoms with Crippen molar-refractivity contribution in [2.75, 3.05) is 11.9 Å². The Morgan fingerprint density at radius 1 is 1.50 bits per heavy atom. The number of anilines is 1. The molecule has 0 atom stereocenters. The zero-order valence-corrected chi connectivity index (χ0v) is 9.76. The van der Waals surface area contributed by atoms with Crippen LogP contribution in [0.3, 0.4) is 0 Å². The summed E-state index contributed by atoms with van der Waals surface area (Å²) < 4.78 is 1.11. The predicted molar refractivity (Wildman–Crippen MR) is 62.2 cm³/mol. The Morgan fingerprint density at radius 3 is 3.00 bits per heavy atom. The lowest BCUT2D eigenvalue weighted by atomic mass is 10.2. The Kier molecular flexibility index (Phi) is 4.48. The molecule has 0 heterocycles. The van der Waals surface area contributed by atoms with Crippen LogP contribution in [-0.4, -0.2) is 6.54 Å². The van der Waals surface area contributed by atoms with Gasteiger partial charge in [-0.15, -0.1) is 0 Å². The van der Waals surface area contributed by atoms with E-state index in [1.165, 1.54) is 5.56 Å². The summed E-state index contributed by atoms with van der Waals surface area (Å²) in [4.78, 5) is 0. The topological polar surface area (TPSA) is 35.8 Å². The highest BCUT2D eigenvalue weighted by Crippen LogP contribution is 2.23. The molecule has 0 amide bonds. The largest absolute Gasteiger partial charge is 0.385 e. The molecule has 1 rings (SSSR count). The monoisotopic (exact) mass is 252 g/mol. The third kappa shape index (κ3) is 3.04. The van der Waals surface area contributed by atoms with E-state index in [1.54, 1.807) is 0 Å². The van der Waals surface area contributed by atoms with Crippen LogP contribution in [0.15, 0.2) is 22.7 Å². The van der Waals surface area contributed by atoms with Crippen molar-refractivity contribution < 1.29 is 0 Å². The fourth-order valence-electron chi connectivity index (χ4n) is 1.19. The number of hydrogen-bond acceptors (Lipinski definition) is 2. The summed E-state index contributed by atoms with van der Waals surface area (Å²) in [7, 11) is 0. The highest BCUT2D eigenvalue weighted by atomic mass is 79.9. The number of halogens is 1. The molecule has 0 bridgehead atoms. The molecule has 0 unspecified atom stereocenters. The van der Waals surface area contributed by atoms with Crippen LogP contribution < -0.4 is 5.32 Å². The number of benzene rings is 1. The van der Waals surface area contributed by atoms with Crippen molar-refractivity contribution in [3.05, 3.63) is 28.2 Å². The van der Waals surface area contributed by atoms with Crippen LogP contribution in [0.5, 0.6) is 0 Å². The Balaban J connectivity index is 2.51. The number of hydrogen-bond donors (Lipinski definition) is 1. The standard InChI is InChI=1S/C11H13BrN2/c1-9-10(12)5-4-6-11(9)14-8-3-2-7-13/h4-6,14H,2-3,8H2,1H3. The molecule has 1 aromatic carbocycles. The van der Waals surface area contributed by atoms with Gasteiger partial charge in [0, 0.05) is 23.1 Å². The van der Waals surface area contributed by atoms with Gasteiger partial charge < -0.3 is 5.32 Å². The van der Waals surface area contributed by atoms with Crippen LogP contribution in [-0.2, 0) is 0 Å². The number of rotatable bonds is 4. The molecule has 0 aliphatic carbocycles. The first-order chi connectivity index (χ1) is 6.75. The summed E-state index contributed by atoms with van der Waals surface area (Å²) in [6.45, 7) is 2.92. The van der Waals surface area contributed by atoms with E-state index in [-0.39, 0.29) is 0 Å². The van der Waals surface area contributed by atoms with Crippen molar-refractivity contribution in [1.82, 2.24) is 0 Å². The molecule has 3 heteroatoms.